The minimum absolute atomic E-state index is 0. The Morgan fingerprint density at radius 1 is 1.43 bits per heavy atom. The summed E-state index contributed by atoms with van der Waals surface area (Å²) in [7, 11) is 1.98. The highest BCUT2D eigenvalue weighted by Gasteiger charge is 2.21. The number of hydrogen-bond donors (Lipinski definition) is 1. The van der Waals surface area contributed by atoms with Gasteiger partial charge in [-0.15, -0.1) is 24.0 Å². The lowest BCUT2D eigenvalue weighted by Crippen LogP contribution is -2.25. The van der Waals surface area contributed by atoms with Crippen LogP contribution in [0.4, 0.5) is 0 Å². The molecular formula is C18H27NOS3. The summed E-state index contributed by atoms with van der Waals surface area (Å²) in [5.74, 6) is 0.717. The van der Waals surface area contributed by atoms with Crippen molar-refractivity contribution in [2.24, 2.45) is 5.92 Å². The largest absolute Gasteiger partial charge is 0.374 e. The molecule has 2 rings (SSSR count). The Kier molecular flexibility index (Phi) is 9.10. The minimum atomic E-state index is 0. The molecule has 0 amide bonds. The second-order valence-electron chi connectivity index (χ2n) is 5.96. The van der Waals surface area contributed by atoms with Crippen LogP contribution in [-0.2, 0) is 4.79 Å². The fourth-order valence-corrected chi connectivity index (χ4v) is 3.88. The molecule has 1 fully saturated rings. The Labute approximate surface area is 156 Å². The lowest BCUT2D eigenvalue weighted by Gasteiger charge is -2.24. The molecule has 0 radical (unpaired) electrons. The number of nitrogens with zero attached hydrogens (tertiary/aromatic N) is 1. The number of likely N-dealkylation sites (N-methyl/N-ethyl adjacent to an activating group) is 1. The van der Waals surface area contributed by atoms with Crippen LogP contribution in [0, 0.1) is 5.92 Å². The number of thiol groups is 1. The number of hydrogen-bond acceptors (Lipinski definition) is 4. The van der Waals surface area contributed by atoms with Crippen molar-refractivity contribution in [3.63, 3.8) is 0 Å². The summed E-state index contributed by atoms with van der Waals surface area (Å²) in [4.78, 5) is 16.3. The maximum Gasteiger partial charge on any atom is 0.137 e. The second kappa shape index (κ2) is 10.3. The quantitative estimate of drug-likeness (QED) is 0.532. The molecule has 1 aromatic rings. The predicted octanol–water partition coefficient (Wildman–Crippen LogP) is 5.12. The molecule has 0 unspecified atom stereocenters. The van der Waals surface area contributed by atoms with Crippen molar-refractivity contribution in [2.45, 2.75) is 38.5 Å². The Morgan fingerprint density at radius 3 is 2.74 bits per heavy atom. The van der Waals surface area contributed by atoms with Gasteiger partial charge in [-0.1, -0.05) is 31.9 Å². The molecule has 0 aromatic carbocycles. The summed E-state index contributed by atoms with van der Waals surface area (Å²) in [5.41, 5.74) is 0.869. The van der Waals surface area contributed by atoms with Gasteiger partial charge < -0.3 is 4.90 Å². The lowest BCUT2D eigenvalue weighted by molar-refractivity contribution is -0.123. The number of carbonyl (C=O) groups excluding carboxylic acids is 1. The number of Topliss-reactive ketones (excluding diaryl/α,β-unsaturated/α-hetero) is 1. The van der Waals surface area contributed by atoms with E-state index in [9.17, 15) is 4.79 Å². The first-order valence-corrected chi connectivity index (χ1v) is 9.28. The van der Waals surface area contributed by atoms with Crippen LogP contribution in [0.15, 0.2) is 34.7 Å². The first kappa shape index (κ1) is 20.4. The molecule has 0 saturated heterocycles. The normalized spacial score (nSPS) is 15.8. The van der Waals surface area contributed by atoms with Gasteiger partial charge >= 0.3 is 0 Å². The summed E-state index contributed by atoms with van der Waals surface area (Å²) in [6, 6.07) is 4.08. The van der Waals surface area contributed by atoms with Gasteiger partial charge in [0.15, 0.2) is 0 Å². The smallest absolute Gasteiger partial charge is 0.137 e. The zero-order chi connectivity index (χ0) is 15.9. The average molecular weight is 370 g/mol. The highest BCUT2D eigenvalue weighted by Crippen LogP contribution is 2.26. The van der Waals surface area contributed by atoms with Gasteiger partial charge in [0, 0.05) is 41.4 Å². The maximum atomic E-state index is 12.3. The predicted molar refractivity (Wildman–Crippen MR) is 110 cm³/mol. The molecule has 1 aliphatic rings. The van der Waals surface area contributed by atoms with Crippen LogP contribution in [0.25, 0.3) is 6.08 Å². The van der Waals surface area contributed by atoms with Gasteiger partial charge in [-0.05, 0) is 30.4 Å². The van der Waals surface area contributed by atoms with E-state index in [0.717, 1.165) is 34.9 Å². The fourth-order valence-electron chi connectivity index (χ4n) is 2.83. The molecule has 1 aromatic heterocycles. The van der Waals surface area contributed by atoms with Gasteiger partial charge in [-0.2, -0.15) is 13.5 Å². The average Bonchev–Trinajstić information content (AvgIpc) is 3.05. The van der Waals surface area contributed by atoms with Gasteiger partial charge in [0.25, 0.3) is 0 Å². The van der Waals surface area contributed by atoms with Gasteiger partial charge in [-0.25, -0.2) is 0 Å². The van der Waals surface area contributed by atoms with Crippen LogP contribution in [-0.4, -0.2) is 24.3 Å². The van der Waals surface area contributed by atoms with Crippen LogP contribution in [0.5, 0.6) is 0 Å². The Balaban J connectivity index is 0.00000264. The first-order chi connectivity index (χ1) is 10.6. The number of carbonyl (C=O) groups is 1. The number of rotatable bonds is 7. The molecule has 5 heteroatoms. The molecule has 23 heavy (non-hydrogen) atoms. The lowest BCUT2D eigenvalue weighted by atomic mass is 9.85. The van der Waals surface area contributed by atoms with Crippen molar-refractivity contribution in [2.75, 3.05) is 13.6 Å². The van der Waals surface area contributed by atoms with E-state index >= 15 is 0 Å². The second-order valence-corrected chi connectivity index (χ2v) is 7.43. The van der Waals surface area contributed by atoms with Crippen LogP contribution in [0.1, 0.15) is 43.4 Å². The third-order valence-electron chi connectivity index (χ3n) is 4.33. The zero-order valence-electron chi connectivity index (χ0n) is 13.8. The van der Waals surface area contributed by atoms with E-state index in [4.69, 9.17) is 0 Å². The highest BCUT2D eigenvalue weighted by atomic mass is 32.1. The molecule has 0 N–H and O–H groups in total. The summed E-state index contributed by atoms with van der Waals surface area (Å²) in [6.45, 7) is 4.82. The van der Waals surface area contributed by atoms with Crippen LogP contribution in [0.2, 0.25) is 0 Å². The third kappa shape index (κ3) is 6.40. The molecule has 0 aliphatic heterocycles. The Bertz CT molecular complexity index is 530. The van der Waals surface area contributed by atoms with Crippen LogP contribution in [0.3, 0.4) is 0 Å². The SMILES string of the molecule is C=C(/C(S)=C/c1cccs1)N(C)CCC(=O)C1CCCCC1.S. The van der Waals surface area contributed by atoms with Crippen molar-refractivity contribution in [1.82, 2.24) is 4.90 Å². The Hall–Kier alpha value is -0.650. The summed E-state index contributed by atoms with van der Waals surface area (Å²) >= 11 is 6.22. The standard InChI is InChI=1S/C18H25NOS2.H2S/c1-14(18(21)13-16-9-6-12-22-16)19(2)11-10-17(20)15-7-4-3-5-8-15;/h6,9,12-13,15,21H,1,3-5,7-8,10-11H2,2H3;1H2/b18-13-;. The van der Waals surface area contributed by atoms with E-state index in [-0.39, 0.29) is 13.5 Å². The van der Waals surface area contributed by atoms with Crippen molar-refractivity contribution >= 4 is 49.3 Å². The minimum Gasteiger partial charge on any atom is -0.374 e. The monoisotopic (exact) mass is 369 g/mol. The van der Waals surface area contributed by atoms with E-state index < -0.39 is 0 Å². The van der Waals surface area contributed by atoms with E-state index in [2.05, 4.69) is 25.3 Å². The van der Waals surface area contributed by atoms with Crippen LogP contribution < -0.4 is 0 Å². The van der Waals surface area contributed by atoms with E-state index in [1.54, 1.807) is 11.3 Å². The van der Waals surface area contributed by atoms with Crippen molar-refractivity contribution in [3.05, 3.63) is 39.6 Å². The molecule has 1 heterocycles. The van der Waals surface area contributed by atoms with Gasteiger partial charge in [0.05, 0.1) is 0 Å². The molecule has 128 valence electrons. The summed E-state index contributed by atoms with van der Waals surface area (Å²) < 4.78 is 0. The molecule has 1 aliphatic carbocycles. The summed E-state index contributed by atoms with van der Waals surface area (Å²) in [5, 5.41) is 2.04. The van der Waals surface area contributed by atoms with Crippen molar-refractivity contribution in [3.8, 4) is 0 Å². The fraction of sp³-hybridized carbons (Fsp3) is 0.500. The molecule has 0 spiro atoms. The van der Waals surface area contributed by atoms with Gasteiger partial charge in [0.2, 0.25) is 0 Å². The molecule has 0 atom stereocenters. The van der Waals surface area contributed by atoms with Crippen LogP contribution >= 0.6 is 37.5 Å². The topological polar surface area (TPSA) is 20.3 Å². The molecule has 1 saturated carbocycles. The summed E-state index contributed by atoms with van der Waals surface area (Å²) in [6.07, 6.45) is 8.51. The van der Waals surface area contributed by atoms with Gasteiger partial charge in [-0.3, -0.25) is 4.79 Å². The highest BCUT2D eigenvalue weighted by molar-refractivity contribution is 7.85. The first-order valence-electron chi connectivity index (χ1n) is 7.95. The van der Waals surface area contributed by atoms with E-state index in [0.29, 0.717) is 18.1 Å². The maximum absolute atomic E-state index is 12.3. The number of thiophene rings is 1. The van der Waals surface area contributed by atoms with Crippen molar-refractivity contribution in [1.29, 1.82) is 0 Å². The Morgan fingerprint density at radius 2 is 2.13 bits per heavy atom. The van der Waals surface area contributed by atoms with Gasteiger partial charge in [0.1, 0.15) is 5.78 Å². The molecule has 0 bridgehead atoms. The number of ketones is 1. The molecular weight excluding hydrogens is 342 g/mol. The molecule has 2 nitrogen and oxygen atoms in total. The van der Waals surface area contributed by atoms with Crippen molar-refractivity contribution < 1.29 is 4.79 Å². The van der Waals surface area contributed by atoms with E-state index in [1.165, 1.54) is 19.3 Å². The zero-order valence-corrected chi connectivity index (χ0v) is 16.5. The van der Waals surface area contributed by atoms with E-state index in [1.807, 2.05) is 29.5 Å². The third-order valence-corrected chi connectivity index (χ3v) is 5.54.